The van der Waals surface area contributed by atoms with Crippen LogP contribution in [0, 0.1) is 5.92 Å². The second kappa shape index (κ2) is 8.83. The summed E-state index contributed by atoms with van der Waals surface area (Å²) in [6, 6.07) is 9.75. The smallest absolute Gasteiger partial charge is 0.254 e. The van der Waals surface area contributed by atoms with E-state index in [1.54, 1.807) is 6.07 Å². The summed E-state index contributed by atoms with van der Waals surface area (Å²) < 4.78 is 5.19. The highest BCUT2D eigenvalue weighted by atomic mass is 16.3. The highest BCUT2D eigenvalue weighted by Gasteiger charge is 2.23. The Morgan fingerprint density at radius 2 is 2.07 bits per heavy atom. The second-order valence-electron chi connectivity index (χ2n) is 6.99. The van der Waals surface area contributed by atoms with Gasteiger partial charge in [-0.3, -0.25) is 14.5 Å². The van der Waals surface area contributed by atoms with Gasteiger partial charge in [-0.1, -0.05) is 24.3 Å². The molecule has 144 valence electrons. The van der Waals surface area contributed by atoms with Gasteiger partial charge in [-0.2, -0.15) is 0 Å². The first-order chi connectivity index (χ1) is 13.0. The molecule has 1 saturated heterocycles. The highest BCUT2D eigenvalue weighted by Crippen LogP contribution is 2.19. The lowest BCUT2D eigenvalue weighted by Crippen LogP contribution is -2.40. The fourth-order valence-electron chi connectivity index (χ4n) is 3.42. The van der Waals surface area contributed by atoms with E-state index in [1.165, 1.54) is 6.26 Å². The maximum absolute atomic E-state index is 12.2. The molecular formula is C20H26N4O3. The molecule has 2 amide bonds. The van der Waals surface area contributed by atoms with E-state index in [4.69, 9.17) is 15.9 Å². The Balaban J connectivity index is 1.55. The van der Waals surface area contributed by atoms with Gasteiger partial charge in [0.15, 0.2) is 0 Å². The van der Waals surface area contributed by atoms with Gasteiger partial charge in [0, 0.05) is 19.6 Å². The van der Waals surface area contributed by atoms with E-state index >= 15 is 0 Å². The van der Waals surface area contributed by atoms with Gasteiger partial charge in [-0.25, -0.2) is 0 Å². The van der Waals surface area contributed by atoms with Crippen molar-refractivity contribution in [3.8, 4) is 0 Å². The molecule has 1 fully saturated rings. The molecule has 0 radical (unpaired) electrons. The van der Waals surface area contributed by atoms with Crippen molar-refractivity contribution in [2.45, 2.75) is 32.5 Å². The van der Waals surface area contributed by atoms with Gasteiger partial charge in [-0.05, 0) is 36.6 Å². The van der Waals surface area contributed by atoms with Crippen molar-refractivity contribution < 1.29 is 14.0 Å². The lowest BCUT2D eigenvalue weighted by Gasteiger charge is -2.31. The first-order valence-corrected chi connectivity index (χ1v) is 9.20. The van der Waals surface area contributed by atoms with E-state index in [2.05, 4.69) is 22.3 Å². The average molecular weight is 370 g/mol. The van der Waals surface area contributed by atoms with E-state index in [9.17, 15) is 9.59 Å². The highest BCUT2D eigenvalue weighted by molar-refractivity contribution is 5.93. The fourth-order valence-corrected chi connectivity index (χ4v) is 3.42. The summed E-state index contributed by atoms with van der Waals surface area (Å²) in [7, 11) is 0. The van der Waals surface area contributed by atoms with Crippen LogP contribution in [0.1, 0.15) is 40.1 Å². The molecule has 0 saturated carbocycles. The normalized spacial score (nSPS) is 17.6. The molecule has 0 bridgehead atoms. The quantitative estimate of drug-likeness (QED) is 0.681. The molecular weight excluding hydrogens is 344 g/mol. The Morgan fingerprint density at radius 3 is 2.81 bits per heavy atom. The third-order valence-electron chi connectivity index (χ3n) is 4.88. The molecule has 7 nitrogen and oxygen atoms in total. The number of carbonyl (C=O) groups is 2. The monoisotopic (exact) mass is 370 g/mol. The molecule has 3 rings (SSSR count). The number of rotatable bonds is 7. The maximum atomic E-state index is 12.2. The number of piperidine rings is 1. The van der Waals surface area contributed by atoms with Crippen molar-refractivity contribution in [3.05, 3.63) is 59.0 Å². The first-order valence-electron chi connectivity index (χ1n) is 9.20. The number of nitrogens with one attached hydrogen (secondary N) is 1. The van der Waals surface area contributed by atoms with Gasteiger partial charge < -0.3 is 21.2 Å². The van der Waals surface area contributed by atoms with E-state index in [-0.39, 0.29) is 24.3 Å². The minimum Gasteiger partial charge on any atom is -0.467 e. The summed E-state index contributed by atoms with van der Waals surface area (Å²) in [4.78, 5) is 25.9. The number of hydrogen-bond donors (Lipinski definition) is 3. The van der Waals surface area contributed by atoms with Crippen LogP contribution in [0.25, 0.3) is 0 Å². The van der Waals surface area contributed by atoms with Crippen molar-refractivity contribution in [2.75, 3.05) is 13.1 Å². The molecule has 2 heterocycles. The van der Waals surface area contributed by atoms with Crippen LogP contribution in [0.5, 0.6) is 0 Å². The molecule has 0 spiro atoms. The zero-order chi connectivity index (χ0) is 19.2. The Hall–Kier alpha value is -2.64. The summed E-state index contributed by atoms with van der Waals surface area (Å²) in [6.07, 6.45) is 3.27. The topological polar surface area (TPSA) is 115 Å². The van der Waals surface area contributed by atoms with Crippen LogP contribution in [0.4, 0.5) is 0 Å². The number of carbonyl (C=O) groups excluding carboxylic acids is 2. The predicted molar refractivity (Wildman–Crippen MR) is 101 cm³/mol. The number of amides is 2. The van der Waals surface area contributed by atoms with E-state index in [1.807, 2.05) is 12.1 Å². The Morgan fingerprint density at radius 1 is 1.26 bits per heavy atom. The van der Waals surface area contributed by atoms with E-state index < -0.39 is 0 Å². The minimum atomic E-state index is -0.215. The molecule has 1 atom stereocenters. The zero-order valence-electron chi connectivity index (χ0n) is 15.3. The molecule has 1 aliphatic heterocycles. The number of hydrogen-bond acceptors (Lipinski definition) is 5. The number of nitrogens with two attached hydrogens (primary N) is 2. The Kier molecular flexibility index (Phi) is 6.26. The summed E-state index contributed by atoms with van der Waals surface area (Å²) in [5.74, 6) is 0.116. The summed E-state index contributed by atoms with van der Waals surface area (Å²) in [5, 5.41) is 2.89. The first kappa shape index (κ1) is 19.1. The van der Waals surface area contributed by atoms with Crippen molar-refractivity contribution in [2.24, 2.45) is 17.4 Å². The number of furan rings is 1. The minimum absolute atomic E-state index is 0.0606. The molecule has 1 unspecified atom stereocenters. The summed E-state index contributed by atoms with van der Waals surface area (Å²) in [5.41, 5.74) is 13.6. The molecule has 27 heavy (non-hydrogen) atoms. The lowest BCUT2D eigenvalue weighted by molar-refractivity contribution is -0.123. The molecule has 1 aromatic heterocycles. The standard InChI is InChI=1S/C20H26N4O3/c21-9-18-8-17(13-27-18)20(26)23-10-14-3-1-4-15(7-14)11-24-6-2-5-16(12-24)19(22)25/h1,3-4,7-8,13,16H,2,5-6,9-12,21H2,(H2,22,25)(H,23,26). The number of benzene rings is 1. The van der Waals surface area contributed by atoms with Gasteiger partial charge in [0.2, 0.25) is 5.91 Å². The fraction of sp³-hybridized carbons (Fsp3) is 0.400. The van der Waals surface area contributed by atoms with Crippen LogP contribution in [0.3, 0.4) is 0 Å². The van der Waals surface area contributed by atoms with Crippen LogP contribution >= 0.6 is 0 Å². The third-order valence-corrected chi connectivity index (χ3v) is 4.88. The maximum Gasteiger partial charge on any atom is 0.254 e. The molecule has 1 aromatic carbocycles. The van der Waals surface area contributed by atoms with Gasteiger partial charge in [0.25, 0.3) is 5.91 Å². The van der Waals surface area contributed by atoms with Crippen molar-refractivity contribution in [1.82, 2.24) is 10.2 Å². The Labute approximate surface area is 158 Å². The van der Waals surface area contributed by atoms with Gasteiger partial charge >= 0.3 is 0 Å². The molecule has 5 N–H and O–H groups in total. The molecule has 0 aliphatic carbocycles. The van der Waals surface area contributed by atoms with E-state index in [0.29, 0.717) is 24.4 Å². The lowest BCUT2D eigenvalue weighted by atomic mass is 9.97. The molecule has 1 aliphatic rings. The SMILES string of the molecule is NCc1cc(C(=O)NCc2cccc(CN3CCCC(C(N)=O)C3)c2)co1. The van der Waals surface area contributed by atoms with Gasteiger partial charge in [0.05, 0.1) is 18.0 Å². The van der Waals surface area contributed by atoms with Crippen molar-refractivity contribution >= 4 is 11.8 Å². The van der Waals surface area contributed by atoms with Crippen LogP contribution in [-0.4, -0.2) is 29.8 Å². The van der Waals surface area contributed by atoms with Crippen LogP contribution in [0.2, 0.25) is 0 Å². The Bertz CT molecular complexity index is 802. The van der Waals surface area contributed by atoms with Crippen molar-refractivity contribution in [3.63, 3.8) is 0 Å². The predicted octanol–water partition coefficient (Wildman–Crippen LogP) is 1.37. The largest absolute Gasteiger partial charge is 0.467 e. The molecule has 7 heteroatoms. The van der Waals surface area contributed by atoms with Gasteiger partial charge in [0.1, 0.15) is 12.0 Å². The number of likely N-dealkylation sites (tertiary alicyclic amines) is 1. The van der Waals surface area contributed by atoms with Crippen LogP contribution in [0.15, 0.2) is 41.0 Å². The van der Waals surface area contributed by atoms with Crippen LogP contribution < -0.4 is 16.8 Å². The van der Waals surface area contributed by atoms with Crippen LogP contribution in [-0.2, 0) is 24.4 Å². The summed E-state index contributed by atoms with van der Waals surface area (Å²) in [6.45, 7) is 3.14. The van der Waals surface area contributed by atoms with Crippen molar-refractivity contribution in [1.29, 1.82) is 0 Å². The molecule has 2 aromatic rings. The summed E-state index contributed by atoms with van der Waals surface area (Å²) >= 11 is 0. The second-order valence-corrected chi connectivity index (χ2v) is 6.99. The zero-order valence-corrected chi connectivity index (χ0v) is 15.3. The average Bonchev–Trinajstić information content (AvgIpc) is 3.16. The number of primary amides is 1. The number of nitrogens with zero attached hydrogens (tertiary/aromatic N) is 1. The third kappa shape index (κ3) is 5.18. The van der Waals surface area contributed by atoms with Gasteiger partial charge in [-0.15, -0.1) is 0 Å². The van der Waals surface area contributed by atoms with E-state index in [0.717, 1.165) is 37.1 Å².